The molecule has 1 rings (SSSR count). The monoisotopic (exact) mass is 197 g/mol. The Hall–Kier alpha value is -0.970. The molecule has 0 radical (unpaired) electrons. The molecular formula is C9H19N5. The molecule has 80 valence electrons. The first-order valence-electron chi connectivity index (χ1n) is 5.13. The lowest BCUT2D eigenvalue weighted by atomic mass is 9.99. The molecule has 0 fully saturated rings. The van der Waals surface area contributed by atoms with Crippen molar-refractivity contribution in [3.63, 3.8) is 0 Å². The van der Waals surface area contributed by atoms with Crippen LogP contribution in [-0.2, 0) is 13.5 Å². The van der Waals surface area contributed by atoms with Crippen LogP contribution in [0.4, 0.5) is 0 Å². The normalized spacial score (nSPS) is 13.1. The van der Waals surface area contributed by atoms with Gasteiger partial charge in [-0.3, -0.25) is 0 Å². The first kappa shape index (κ1) is 11.1. The fourth-order valence-electron chi connectivity index (χ4n) is 1.64. The lowest BCUT2D eigenvalue weighted by Gasteiger charge is -2.12. The molecule has 0 bridgehead atoms. The highest BCUT2D eigenvalue weighted by Crippen LogP contribution is 2.09. The first-order valence-corrected chi connectivity index (χ1v) is 5.13. The van der Waals surface area contributed by atoms with Crippen molar-refractivity contribution in [2.75, 3.05) is 13.6 Å². The predicted molar refractivity (Wildman–Crippen MR) is 54.8 cm³/mol. The molecule has 0 saturated heterocycles. The summed E-state index contributed by atoms with van der Waals surface area (Å²) in [7, 11) is 3.77. The molecule has 0 amide bonds. The average molecular weight is 197 g/mol. The van der Waals surface area contributed by atoms with Gasteiger partial charge < -0.3 is 5.32 Å². The van der Waals surface area contributed by atoms with E-state index in [0.29, 0.717) is 5.92 Å². The van der Waals surface area contributed by atoms with Crippen LogP contribution in [0.2, 0.25) is 0 Å². The summed E-state index contributed by atoms with van der Waals surface area (Å²) in [6.07, 6.45) is 3.33. The van der Waals surface area contributed by atoms with Crippen LogP contribution in [0, 0.1) is 5.92 Å². The van der Waals surface area contributed by atoms with Gasteiger partial charge in [-0.25, -0.2) is 0 Å². The van der Waals surface area contributed by atoms with Gasteiger partial charge in [0.15, 0.2) is 5.82 Å². The van der Waals surface area contributed by atoms with Crippen molar-refractivity contribution in [2.24, 2.45) is 13.0 Å². The number of nitrogens with one attached hydrogen (secondary N) is 1. The van der Waals surface area contributed by atoms with E-state index < -0.39 is 0 Å². The van der Waals surface area contributed by atoms with E-state index in [1.165, 1.54) is 17.6 Å². The third-order valence-corrected chi connectivity index (χ3v) is 2.21. The van der Waals surface area contributed by atoms with Gasteiger partial charge in [0.2, 0.25) is 0 Å². The fraction of sp³-hybridized carbons (Fsp3) is 0.889. The van der Waals surface area contributed by atoms with E-state index in [-0.39, 0.29) is 0 Å². The largest absolute Gasteiger partial charge is 0.319 e. The summed E-state index contributed by atoms with van der Waals surface area (Å²) in [6, 6.07) is 0. The van der Waals surface area contributed by atoms with Crippen LogP contribution in [0.15, 0.2) is 0 Å². The fourth-order valence-corrected chi connectivity index (χ4v) is 1.64. The van der Waals surface area contributed by atoms with Crippen molar-refractivity contribution in [1.82, 2.24) is 25.5 Å². The molecule has 1 aromatic heterocycles. The minimum atomic E-state index is 0.620. The minimum absolute atomic E-state index is 0.620. The van der Waals surface area contributed by atoms with Gasteiger partial charge in [-0.05, 0) is 31.1 Å². The minimum Gasteiger partial charge on any atom is -0.319 e. The summed E-state index contributed by atoms with van der Waals surface area (Å²) in [4.78, 5) is 1.51. The zero-order valence-corrected chi connectivity index (χ0v) is 9.19. The zero-order valence-electron chi connectivity index (χ0n) is 9.19. The third kappa shape index (κ3) is 3.41. The molecule has 0 aromatic carbocycles. The molecule has 5 nitrogen and oxygen atoms in total. The molecule has 0 aliphatic rings. The number of aromatic nitrogens is 4. The van der Waals surface area contributed by atoms with Crippen LogP contribution in [0.25, 0.3) is 0 Å². The van der Waals surface area contributed by atoms with Crippen LogP contribution in [0.3, 0.4) is 0 Å². The number of tetrazole rings is 1. The molecule has 1 unspecified atom stereocenters. The molecule has 0 spiro atoms. The van der Waals surface area contributed by atoms with E-state index in [2.05, 4.69) is 27.7 Å². The molecule has 1 atom stereocenters. The molecule has 0 aliphatic heterocycles. The maximum Gasteiger partial charge on any atom is 0.175 e. The number of aryl methyl sites for hydroxylation is 1. The van der Waals surface area contributed by atoms with Gasteiger partial charge in [0, 0.05) is 6.42 Å². The van der Waals surface area contributed by atoms with Gasteiger partial charge in [0.1, 0.15) is 0 Å². The Balaban J connectivity index is 2.46. The first-order chi connectivity index (χ1) is 6.76. The molecule has 5 heteroatoms. The summed E-state index contributed by atoms with van der Waals surface area (Å²) >= 11 is 0. The second-order valence-corrected chi connectivity index (χ2v) is 3.61. The molecule has 0 aliphatic carbocycles. The molecule has 1 N–H and O–H groups in total. The lowest BCUT2D eigenvalue weighted by molar-refractivity contribution is 0.446. The Bertz CT molecular complexity index is 251. The van der Waals surface area contributed by atoms with Crippen molar-refractivity contribution in [3.8, 4) is 0 Å². The Morgan fingerprint density at radius 2 is 2.29 bits per heavy atom. The number of hydrogen-bond acceptors (Lipinski definition) is 4. The number of nitrogens with zero attached hydrogens (tertiary/aromatic N) is 4. The summed E-state index contributed by atoms with van der Waals surface area (Å²) in [5.41, 5.74) is 0. The van der Waals surface area contributed by atoms with Crippen molar-refractivity contribution < 1.29 is 0 Å². The average Bonchev–Trinajstić information content (AvgIpc) is 2.52. The van der Waals surface area contributed by atoms with Gasteiger partial charge in [-0.2, -0.15) is 4.80 Å². The van der Waals surface area contributed by atoms with Gasteiger partial charge in [-0.15, -0.1) is 10.2 Å². The molecular weight excluding hydrogens is 178 g/mol. The summed E-state index contributed by atoms with van der Waals surface area (Å²) in [6.45, 7) is 3.22. The van der Waals surface area contributed by atoms with Crippen molar-refractivity contribution in [2.45, 2.75) is 26.2 Å². The maximum absolute atomic E-state index is 4.18. The van der Waals surface area contributed by atoms with Crippen molar-refractivity contribution in [3.05, 3.63) is 5.82 Å². The van der Waals surface area contributed by atoms with Crippen LogP contribution in [-0.4, -0.2) is 33.8 Å². The molecule has 1 heterocycles. The van der Waals surface area contributed by atoms with Crippen molar-refractivity contribution >= 4 is 0 Å². The predicted octanol–water partition coefficient (Wildman–Crippen LogP) is 0.388. The Kier molecular flexibility index (Phi) is 4.52. The number of hydrogen-bond donors (Lipinski definition) is 1. The van der Waals surface area contributed by atoms with E-state index in [1.807, 2.05) is 7.05 Å². The summed E-state index contributed by atoms with van der Waals surface area (Å²) < 4.78 is 0. The second kappa shape index (κ2) is 5.70. The Morgan fingerprint density at radius 1 is 1.50 bits per heavy atom. The van der Waals surface area contributed by atoms with E-state index in [9.17, 15) is 0 Å². The van der Waals surface area contributed by atoms with Crippen LogP contribution in [0.5, 0.6) is 0 Å². The maximum atomic E-state index is 4.18. The van der Waals surface area contributed by atoms with E-state index in [1.54, 1.807) is 7.05 Å². The van der Waals surface area contributed by atoms with Gasteiger partial charge in [0.05, 0.1) is 7.05 Å². The Morgan fingerprint density at radius 3 is 2.79 bits per heavy atom. The standard InChI is InChI=1S/C9H19N5/c1-4-5-8(7-10-2)6-9-11-13-14(3)12-9/h8,10H,4-7H2,1-3H3. The highest BCUT2D eigenvalue weighted by molar-refractivity contribution is 4.81. The quantitative estimate of drug-likeness (QED) is 0.716. The van der Waals surface area contributed by atoms with Crippen LogP contribution >= 0.6 is 0 Å². The summed E-state index contributed by atoms with van der Waals surface area (Å²) in [5, 5.41) is 15.2. The zero-order chi connectivity index (χ0) is 10.4. The van der Waals surface area contributed by atoms with E-state index in [0.717, 1.165) is 18.8 Å². The third-order valence-electron chi connectivity index (χ3n) is 2.21. The number of rotatable bonds is 6. The second-order valence-electron chi connectivity index (χ2n) is 3.61. The van der Waals surface area contributed by atoms with Crippen molar-refractivity contribution in [1.29, 1.82) is 0 Å². The summed E-state index contributed by atoms with van der Waals surface area (Å²) in [5.74, 6) is 1.47. The molecule has 1 aromatic rings. The lowest BCUT2D eigenvalue weighted by Crippen LogP contribution is -2.21. The smallest absolute Gasteiger partial charge is 0.175 e. The topological polar surface area (TPSA) is 55.6 Å². The van der Waals surface area contributed by atoms with Gasteiger partial charge in [0.25, 0.3) is 0 Å². The van der Waals surface area contributed by atoms with E-state index in [4.69, 9.17) is 0 Å². The van der Waals surface area contributed by atoms with Gasteiger partial charge >= 0.3 is 0 Å². The van der Waals surface area contributed by atoms with Crippen LogP contribution < -0.4 is 5.32 Å². The van der Waals surface area contributed by atoms with E-state index >= 15 is 0 Å². The molecule has 14 heavy (non-hydrogen) atoms. The Labute approximate surface area is 84.9 Å². The SMILES string of the molecule is CCCC(CNC)Cc1nnn(C)n1. The van der Waals surface area contributed by atoms with Gasteiger partial charge in [-0.1, -0.05) is 13.3 Å². The molecule has 0 saturated carbocycles. The highest BCUT2D eigenvalue weighted by atomic mass is 15.6. The highest BCUT2D eigenvalue weighted by Gasteiger charge is 2.11. The van der Waals surface area contributed by atoms with Crippen LogP contribution in [0.1, 0.15) is 25.6 Å².